The van der Waals surface area contributed by atoms with Gasteiger partial charge in [-0.15, -0.1) is 0 Å². The SMILES string of the molecule is c1ccc(-c2nc(-c3ccccc3)nc(-c3ccc(-c4ccc5nc(-c6ccccc6-c6ccccc6)c6cccc(-c7ccccc7)c6c5c4)cc3)n2)cc1. The van der Waals surface area contributed by atoms with Crippen molar-refractivity contribution in [2.45, 2.75) is 0 Å². The number of rotatable bonds is 7. The van der Waals surface area contributed by atoms with Crippen LogP contribution >= 0.6 is 0 Å². The van der Waals surface area contributed by atoms with E-state index in [0.717, 1.165) is 60.9 Å². The molecule has 0 unspecified atom stereocenters. The lowest BCUT2D eigenvalue weighted by molar-refractivity contribution is 1.07. The summed E-state index contributed by atoms with van der Waals surface area (Å²) in [4.78, 5) is 20.2. The van der Waals surface area contributed by atoms with Crippen LogP contribution in [0.1, 0.15) is 0 Å². The van der Waals surface area contributed by atoms with E-state index in [0.29, 0.717) is 17.5 Å². The summed E-state index contributed by atoms with van der Waals surface area (Å²) in [5.41, 5.74) is 12.7. The maximum absolute atomic E-state index is 5.43. The third-order valence-electron chi connectivity index (χ3n) is 10.3. The van der Waals surface area contributed by atoms with Crippen molar-refractivity contribution in [3.8, 4) is 78.8 Å². The largest absolute Gasteiger partial charge is 0.247 e. The first-order valence-electron chi connectivity index (χ1n) is 18.8. The van der Waals surface area contributed by atoms with Crippen LogP contribution in [-0.4, -0.2) is 19.9 Å². The topological polar surface area (TPSA) is 51.6 Å². The zero-order valence-corrected chi connectivity index (χ0v) is 30.4. The predicted octanol–water partition coefficient (Wildman–Crippen LogP) is 13.2. The third kappa shape index (κ3) is 6.19. The lowest BCUT2D eigenvalue weighted by atomic mass is 9.89. The molecule has 0 bridgehead atoms. The number of benzene rings is 8. The molecule has 0 saturated carbocycles. The van der Waals surface area contributed by atoms with Gasteiger partial charge in [0.15, 0.2) is 17.5 Å². The van der Waals surface area contributed by atoms with E-state index >= 15 is 0 Å². The number of fused-ring (bicyclic) bond motifs is 3. The lowest BCUT2D eigenvalue weighted by Crippen LogP contribution is -2.00. The molecule has 10 rings (SSSR count). The van der Waals surface area contributed by atoms with Crippen LogP contribution in [0, 0.1) is 0 Å². The molecule has 4 heteroatoms. The van der Waals surface area contributed by atoms with Gasteiger partial charge in [0.25, 0.3) is 0 Å². The van der Waals surface area contributed by atoms with Gasteiger partial charge in [-0.25, -0.2) is 19.9 Å². The Labute approximate surface area is 325 Å². The van der Waals surface area contributed by atoms with Gasteiger partial charge in [-0.3, -0.25) is 0 Å². The number of pyridine rings is 1. The van der Waals surface area contributed by atoms with Crippen LogP contribution in [0.25, 0.3) is 100 Å². The van der Waals surface area contributed by atoms with E-state index in [1.54, 1.807) is 0 Å². The van der Waals surface area contributed by atoms with Gasteiger partial charge in [0.2, 0.25) is 0 Å². The zero-order valence-electron chi connectivity index (χ0n) is 30.4. The van der Waals surface area contributed by atoms with Crippen molar-refractivity contribution in [3.05, 3.63) is 206 Å². The smallest absolute Gasteiger partial charge is 0.164 e. The first-order valence-corrected chi connectivity index (χ1v) is 18.8. The minimum absolute atomic E-state index is 0.633. The van der Waals surface area contributed by atoms with Gasteiger partial charge < -0.3 is 0 Å². The minimum Gasteiger partial charge on any atom is -0.247 e. The summed E-state index contributed by atoms with van der Waals surface area (Å²) < 4.78 is 0. The second-order valence-electron chi connectivity index (χ2n) is 13.8. The normalized spacial score (nSPS) is 11.2. The highest BCUT2D eigenvalue weighted by atomic mass is 15.0. The highest BCUT2D eigenvalue weighted by Crippen LogP contribution is 2.42. The summed E-state index contributed by atoms with van der Waals surface area (Å²) in [5.74, 6) is 1.92. The van der Waals surface area contributed by atoms with Crippen molar-refractivity contribution in [2.75, 3.05) is 0 Å². The molecule has 10 aromatic rings. The molecule has 0 aliphatic heterocycles. The van der Waals surface area contributed by atoms with E-state index in [2.05, 4.69) is 146 Å². The second kappa shape index (κ2) is 14.3. The molecule has 4 nitrogen and oxygen atoms in total. The fraction of sp³-hybridized carbons (Fsp3) is 0. The van der Waals surface area contributed by atoms with Gasteiger partial charge in [0.1, 0.15) is 0 Å². The molecule has 2 aromatic heterocycles. The maximum atomic E-state index is 5.43. The van der Waals surface area contributed by atoms with Crippen molar-refractivity contribution >= 4 is 21.7 Å². The first kappa shape index (κ1) is 33.0. The summed E-state index contributed by atoms with van der Waals surface area (Å²) in [6.45, 7) is 0. The summed E-state index contributed by atoms with van der Waals surface area (Å²) in [6.07, 6.45) is 0. The average Bonchev–Trinajstić information content (AvgIpc) is 3.29. The average molecular weight is 715 g/mol. The zero-order chi connectivity index (χ0) is 37.3. The summed E-state index contributed by atoms with van der Waals surface area (Å²) in [6, 6.07) is 71.7. The molecule has 56 heavy (non-hydrogen) atoms. The highest BCUT2D eigenvalue weighted by molar-refractivity contribution is 6.18. The van der Waals surface area contributed by atoms with Crippen molar-refractivity contribution in [3.63, 3.8) is 0 Å². The monoisotopic (exact) mass is 714 g/mol. The number of aromatic nitrogens is 4. The van der Waals surface area contributed by atoms with Gasteiger partial charge >= 0.3 is 0 Å². The van der Waals surface area contributed by atoms with Gasteiger partial charge in [-0.1, -0.05) is 194 Å². The Bertz CT molecular complexity index is 2930. The molecular weight excluding hydrogens is 681 g/mol. The molecule has 0 saturated heterocycles. The Morgan fingerprint density at radius 1 is 0.250 bits per heavy atom. The van der Waals surface area contributed by atoms with Crippen molar-refractivity contribution < 1.29 is 0 Å². The molecule has 0 atom stereocenters. The van der Waals surface area contributed by atoms with Crippen LogP contribution in [0.15, 0.2) is 206 Å². The van der Waals surface area contributed by atoms with Crippen LogP contribution in [-0.2, 0) is 0 Å². The lowest BCUT2D eigenvalue weighted by Gasteiger charge is -2.17. The molecule has 2 heterocycles. The van der Waals surface area contributed by atoms with Crippen molar-refractivity contribution in [2.24, 2.45) is 0 Å². The predicted molar refractivity (Wildman–Crippen MR) is 231 cm³/mol. The minimum atomic E-state index is 0.633. The van der Waals surface area contributed by atoms with Gasteiger partial charge in [-0.2, -0.15) is 0 Å². The molecule has 0 spiro atoms. The Morgan fingerprint density at radius 2 is 0.679 bits per heavy atom. The Balaban J connectivity index is 1.11. The van der Waals surface area contributed by atoms with Crippen LogP contribution in [0.2, 0.25) is 0 Å². The van der Waals surface area contributed by atoms with Crippen LogP contribution in [0.5, 0.6) is 0 Å². The molecule has 0 aliphatic carbocycles. The van der Waals surface area contributed by atoms with Crippen LogP contribution in [0.4, 0.5) is 0 Å². The maximum Gasteiger partial charge on any atom is 0.164 e. The highest BCUT2D eigenvalue weighted by Gasteiger charge is 2.18. The third-order valence-corrected chi connectivity index (χ3v) is 10.3. The molecule has 0 amide bonds. The summed E-state index contributed by atoms with van der Waals surface area (Å²) >= 11 is 0. The standard InChI is InChI=1S/C52H34N4/c1-5-16-36(17-6-1)42-24-13-14-25-44(42)49-45-27-15-26-43(37-18-7-2-8-19-37)48(45)46-34-41(32-33-47(46)53-49)35-28-30-40(31-29-35)52-55-50(38-20-9-3-10-21-38)54-51(56-52)39-22-11-4-12-23-39/h1-34H. The van der Waals surface area contributed by atoms with Gasteiger partial charge in [0, 0.05) is 38.4 Å². The first-order chi connectivity index (χ1) is 27.8. The Hall–Kier alpha value is -7.56. The molecular formula is C52H34N4. The number of hydrogen-bond acceptors (Lipinski definition) is 4. The number of hydrogen-bond donors (Lipinski definition) is 0. The fourth-order valence-electron chi connectivity index (χ4n) is 7.61. The van der Waals surface area contributed by atoms with Gasteiger partial charge in [0.05, 0.1) is 11.2 Å². The van der Waals surface area contributed by atoms with Crippen molar-refractivity contribution in [1.29, 1.82) is 0 Å². The molecule has 0 aliphatic rings. The Morgan fingerprint density at radius 3 is 1.25 bits per heavy atom. The summed E-state index contributed by atoms with van der Waals surface area (Å²) in [7, 11) is 0. The molecule has 0 N–H and O–H groups in total. The van der Waals surface area contributed by atoms with E-state index < -0.39 is 0 Å². The fourth-order valence-corrected chi connectivity index (χ4v) is 7.61. The molecule has 8 aromatic carbocycles. The summed E-state index contributed by atoms with van der Waals surface area (Å²) in [5, 5.41) is 3.42. The molecule has 0 fully saturated rings. The molecule has 262 valence electrons. The quantitative estimate of drug-likeness (QED) is 0.154. The van der Waals surface area contributed by atoms with Crippen LogP contribution in [0.3, 0.4) is 0 Å². The van der Waals surface area contributed by atoms with Crippen LogP contribution < -0.4 is 0 Å². The molecule has 0 radical (unpaired) electrons. The van der Waals surface area contributed by atoms with E-state index in [9.17, 15) is 0 Å². The second-order valence-corrected chi connectivity index (χ2v) is 13.8. The van der Waals surface area contributed by atoms with E-state index in [4.69, 9.17) is 19.9 Å². The van der Waals surface area contributed by atoms with Gasteiger partial charge in [-0.05, 0) is 45.5 Å². The van der Waals surface area contributed by atoms with Crippen molar-refractivity contribution in [1.82, 2.24) is 19.9 Å². The number of nitrogens with zero attached hydrogens (tertiary/aromatic N) is 4. The Kier molecular flexibility index (Phi) is 8.47. The van der Waals surface area contributed by atoms with E-state index in [1.165, 1.54) is 22.1 Å². The van der Waals surface area contributed by atoms with E-state index in [1.807, 2.05) is 60.7 Å². The van der Waals surface area contributed by atoms with E-state index in [-0.39, 0.29) is 0 Å².